The SMILES string of the molecule is COc1cc(I)c(C(=O)N2CCCCC2CC(N)=O)cc1OC. The maximum Gasteiger partial charge on any atom is 0.255 e. The molecular formula is C16H21IN2O4. The van der Waals surface area contributed by atoms with Gasteiger partial charge in [0.2, 0.25) is 5.91 Å². The van der Waals surface area contributed by atoms with Gasteiger partial charge in [0.15, 0.2) is 11.5 Å². The van der Waals surface area contributed by atoms with Gasteiger partial charge in [0.1, 0.15) is 0 Å². The quantitative estimate of drug-likeness (QED) is 0.724. The summed E-state index contributed by atoms with van der Waals surface area (Å²) in [5.41, 5.74) is 5.88. The van der Waals surface area contributed by atoms with E-state index in [4.69, 9.17) is 15.2 Å². The molecule has 23 heavy (non-hydrogen) atoms. The van der Waals surface area contributed by atoms with E-state index in [1.807, 2.05) is 0 Å². The first-order valence-electron chi connectivity index (χ1n) is 7.48. The molecule has 1 heterocycles. The minimum absolute atomic E-state index is 0.0960. The van der Waals surface area contributed by atoms with Crippen LogP contribution in [0, 0.1) is 3.57 Å². The largest absolute Gasteiger partial charge is 0.493 e. The molecule has 7 heteroatoms. The molecule has 0 spiro atoms. The van der Waals surface area contributed by atoms with E-state index in [2.05, 4.69) is 22.6 Å². The standard InChI is InChI=1S/C16H21IN2O4/c1-22-13-8-11(12(17)9-14(13)23-2)16(21)19-6-4-3-5-10(19)7-15(18)20/h8-10H,3-7H2,1-2H3,(H2,18,20). The average Bonchev–Trinajstić information content (AvgIpc) is 2.53. The fraction of sp³-hybridized carbons (Fsp3) is 0.500. The van der Waals surface area contributed by atoms with Crippen LogP contribution in [0.3, 0.4) is 0 Å². The zero-order valence-corrected chi connectivity index (χ0v) is 15.5. The molecule has 0 aliphatic carbocycles. The molecule has 1 aliphatic rings. The molecule has 2 amide bonds. The molecule has 1 aromatic carbocycles. The Hall–Kier alpha value is -1.51. The van der Waals surface area contributed by atoms with Crippen molar-refractivity contribution in [1.29, 1.82) is 0 Å². The molecule has 2 N–H and O–H groups in total. The fourth-order valence-electron chi connectivity index (χ4n) is 2.89. The lowest BCUT2D eigenvalue weighted by Crippen LogP contribution is -2.45. The smallest absolute Gasteiger partial charge is 0.255 e. The van der Waals surface area contributed by atoms with Crippen molar-refractivity contribution in [3.8, 4) is 11.5 Å². The van der Waals surface area contributed by atoms with E-state index >= 15 is 0 Å². The Bertz CT molecular complexity index is 606. The highest BCUT2D eigenvalue weighted by Gasteiger charge is 2.30. The van der Waals surface area contributed by atoms with Crippen LogP contribution >= 0.6 is 22.6 Å². The van der Waals surface area contributed by atoms with Crippen LogP contribution in [0.2, 0.25) is 0 Å². The number of carbonyl (C=O) groups is 2. The first-order chi connectivity index (χ1) is 11.0. The topological polar surface area (TPSA) is 81.9 Å². The molecule has 0 saturated carbocycles. The van der Waals surface area contributed by atoms with Crippen molar-refractivity contribution in [2.45, 2.75) is 31.7 Å². The summed E-state index contributed by atoms with van der Waals surface area (Å²) < 4.78 is 11.3. The minimum Gasteiger partial charge on any atom is -0.493 e. The molecule has 126 valence electrons. The van der Waals surface area contributed by atoms with Gasteiger partial charge in [-0.2, -0.15) is 0 Å². The molecule has 0 radical (unpaired) electrons. The molecular weight excluding hydrogens is 411 g/mol. The molecule has 2 rings (SSSR count). The lowest BCUT2D eigenvalue weighted by atomic mass is 9.98. The molecule has 0 aromatic heterocycles. The van der Waals surface area contributed by atoms with E-state index in [1.165, 1.54) is 7.11 Å². The van der Waals surface area contributed by atoms with Crippen LogP contribution in [0.1, 0.15) is 36.0 Å². The van der Waals surface area contributed by atoms with Gasteiger partial charge in [-0.1, -0.05) is 0 Å². The number of nitrogens with zero attached hydrogens (tertiary/aromatic N) is 1. The predicted octanol–water partition coefficient (Wildman–Crippen LogP) is 2.18. The summed E-state index contributed by atoms with van der Waals surface area (Å²) in [5.74, 6) is 0.624. The van der Waals surface area contributed by atoms with Crippen molar-refractivity contribution in [2.75, 3.05) is 20.8 Å². The van der Waals surface area contributed by atoms with Crippen LogP contribution in [0.4, 0.5) is 0 Å². The van der Waals surface area contributed by atoms with E-state index in [1.54, 1.807) is 24.1 Å². The Kier molecular flexibility index (Phi) is 6.09. The molecule has 1 fully saturated rings. The van der Waals surface area contributed by atoms with Gasteiger partial charge in [-0.15, -0.1) is 0 Å². The number of likely N-dealkylation sites (tertiary alicyclic amines) is 1. The third-order valence-electron chi connectivity index (χ3n) is 4.03. The Labute approximate surface area is 149 Å². The molecule has 1 atom stereocenters. The number of piperidine rings is 1. The second-order valence-corrected chi connectivity index (χ2v) is 6.67. The number of halogens is 1. The van der Waals surface area contributed by atoms with Crippen LogP contribution in [0.25, 0.3) is 0 Å². The number of primary amides is 1. The van der Waals surface area contributed by atoms with Crippen molar-refractivity contribution < 1.29 is 19.1 Å². The van der Waals surface area contributed by atoms with Gasteiger partial charge in [0, 0.05) is 22.6 Å². The molecule has 0 bridgehead atoms. The van der Waals surface area contributed by atoms with Crippen LogP contribution < -0.4 is 15.2 Å². The van der Waals surface area contributed by atoms with E-state index in [0.717, 1.165) is 22.8 Å². The second kappa shape index (κ2) is 7.85. The number of benzene rings is 1. The predicted molar refractivity (Wildman–Crippen MR) is 94.7 cm³/mol. The minimum atomic E-state index is -0.378. The normalized spacial score (nSPS) is 17.7. The summed E-state index contributed by atoms with van der Waals surface area (Å²) in [4.78, 5) is 26.0. The van der Waals surface area contributed by atoms with E-state index in [-0.39, 0.29) is 24.3 Å². The van der Waals surface area contributed by atoms with Crippen molar-refractivity contribution in [3.63, 3.8) is 0 Å². The summed E-state index contributed by atoms with van der Waals surface area (Å²) in [7, 11) is 3.10. The molecule has 6 nitrogen and oxygen atoms in total. The summed E-state index contributed by atoms with van der Waals surface area (Å²) in [6.45, 7) is 0.640. The molecule has 1 aliphatic heterocycles. The maximum absolute atomic E-state index is 13.0. The molecule has 1 saturated heterocycles. The van der Waals surface area contributed by atoms with Crippen molar-refractivity contribution in [2.24, 2.45) is 5.73 Å². The lowest BCUT2D eigenvalue weighted by molar-refractivity contribution is -0.119. The van der Waals surface area contributed by atoms with Gasteiger partial charge in [0.25, 0.3) is 5.91 Å². The van der Waals surface area contributed by atoms with Crippen LogP contribution in [0.5, 0.6) is 11.5 Å². The third kappa shape index (κ3) is 4.07. The molecule has 1 aromatic rings. The van der Waals surface area contributed by atoms with Crippen molar-refractivity contribution in [3.05, 3.63) is 21.3 Å². The van der Waals surface area contributed by atoms with Crippen LogP contribution in [-0.2, 0) is 4.79 Å². The van der Waals surface area contributed by atoms with Gasteiger partial charge < -0.3 is 20.1 Å². The number of methoxy groups -OCH3 is 2. The average molecular weight is 432 g/mol. The highest BCUT2D eigenvalue weighted by atomic mass is 127. The number of amides is 2. The summed E-state index contributed by atoms with van der Waals surface area (Å²) in [6.07, 6.45) is 2.95. The van der Waals surface area contributed by atoms with E-state index in [0.29, 0.717) is 23.6 Å². The Morgan fingerprint density at radius 3 is 2.52 bits per heavy atom. The van der Waals surface area contributed by atoms with Crippen LogP contribution in [0.15, 0.2) is 12.1 Å². The van der Waals surface area contributed by atoms with Crippen molar-refractivity contribution in [1.82, 2.24) is 4.90 Å². The first-order valence-corrected chi connectivity index (χ1v) is 8.56. The number of nitrogens with two attached hydrogens (primary N) is 1. The summed E-state index contributed by atoms with van der Waals surface area (Å²) in [5, 5.41) is 0. The van der Waals surface area contributed by atoms with Gasteiger partial charge in [-0.25, -0.2) is 0 Å². The number of rotatable bonds is 5. The van der Waals surface area contributed by atoms with E-state index in [9.17, 15) is 9.59 Å². The van der Waals surface area contributed by atoms with Crippen LogP contribution in [-0.4, -0.2) is 43.5 Å². The zero-order valence-electron chi connectivity index (χ0n) is 13.3. The number of ether oxygens (including phenoxy) is 2. The zero-order chi connectivity index (χ0) is 17.0. The van der Waals surface area contributed by atoms with Gasteiger partial charge >= 0.3 is 0 Å². The van der Waals surface area contributed by atoms with Crippen molar-refractivity contribution >= 4 is 34.4 Å². The number of carbonyl (C=O) groups excluding carboxylic acids is 2. The highest BCUT2D eigenvalue weighted by molar-refractivity contribution is 14.1. The monoisotopic (exact) mass is 432 g/mol. The Morgan fingerprint density at radius 2 is 1.91 bits per heavy atom. The van der Waals surface area contributed by atoms with Gasteiger partial charge in [-0.3, -0.25) is 9.59 Å². The van der Waals surface area contributed by atoms with E-state index < -0.39 is 0 Å². The third-order valence-corrected chi connectivity index (χ3v) is 4.92. The number of hydrogen-bond acceptors (Lipinski definition) is 4. The fourth-order valence-corrected chi connectivity index (χ4v) is 3.55. The maximum atomic E-state index is 13.0. The highest BCUT2D eigenvalue weighted by Crippen LogP contribution is 2.33. The summed E-state index contributed by atoms with van der Waals surface area (Å²) >= 11 is 2.11. The second-order valence-electron chi connectivity index (χ2n) is 5.51. The van der Waals surface area contributed by atoms with Gasteiger partial charge in [-0.05, 0) is 54.0 Å². The summed E-state index contributed by atoms with van der Waals surface area (Å²) in [6, 6.07) is 3.34. The Balaban J connectivity index is 2.32. The first kappa shape index (κ1) is 17.8. The molecule has 1 unspecified atom stereocenters. The number of hydrogen-bond donors (Lipinski definition) is 1. The Morgan fingerprint density at radius 1 is 1.26 bits per heavy atom. The lowest BCUT2D eigenvalue weighted by Gasteiger charge is -2.35. The van der Waals surface area contributed by atoms with Gasteiger partial charge in [0.05, 0.1) is 19.8 Å².